The first-order valence-electron chi connectivity index (χ1n) is 8.65. The molecule has 2 atom stereocenters. The van der Waals surface area contributed by atoms with Gasteiger partial charge in [0.05, 0.1) is 6.54 Å². The lowest BCUT2D eigenvalue weighted by atomic mass is 10.1. The summed E-state index contributed by atoms with van der Waals surface area (Å²) in [4.78, 5) is 42.5. The zero-order chi connectivity index (χ0) is 19.2. The molecule has 0 radical (unpaired) electrons. The van der Waals surface area contributed by atoms with Gasteiger partial charge in [-0.05, 0) is 30.7 Å². The van der Waals surface area contributed by atoms with Crippen molar-refractivity contribution in [3.8, 4) is 0 Å². The molecule has 0 bridgehead atoms. The van der Waals surface area contributed by atoms with Gasteiger partial charge in [0.1, 0.15) is 6.04 Å². The van der Waals surface area contributed by atoms with Crippen molar-refractivity contribution in [3.05, 3.63) is 60.4 Å². The number of likely N-dealkylation sites (tertiary alicyclic amines) is 1. The smallest absolute Gasteiger partial charge is 0.251 e. The molecule has 2 unspecified atom stereocenters. The number of rotatable bonds is 5. The zero-order valence-corrected chi connectivity index (χ0v) is 14.7. The van der Waals surface area contributed by atoms with E-state index >= 15 is 0 Å². The number of nitrogens with two attached hydrogens (primary N) is 1. The first-order chi connectivity index (χ1) is 13.1. The molecular formula is C19H21N5O3. The molecule has 8 nitrogen and oxygen atoms in total. The maximum Gasteiger partial charge on any atom is 0.251 e. The Morgan fingerprint density at radius 1 is 1.11 bits per heavy atom. The predicted molar refractivity (Wildman–Crippen MR) is 99.7 cm³/mol. The van der Waals surface area contributed by atoms with E-state index in [-0.39, 0.29) is 36.9 Å². The van der Waals surface area contributed by atoms with Crippen molar-refractivity contribution in [3.63, 3.8) is 0 Å². The molecule has 1 fully saturated rings. The van der Waals surface area contributed by atoms with Gasteiger partial charge in [0.25, 0.3) is 5.91 Å². The minimum Gasteiger partial charge on any atom is -0.347 e. The number of benzene rings is 1. The second kappa shape index (κ2) is 8.41. The third kappa shape index (κ3) is 4.48. The Labute approximate surface area is 156 Å². The monoisotopic (exact) mass is 367 g/mol. The Morgan fingerprint density at radius 2 is 1.81 bits per heavy atom. The van der Waals surface area contributed by atoms with Crippen molar-refractivity contribution in [1.82, 2.24) is 15.2 Å². The van der Waals surface area contributed by atoms with Crippen LogP contribution in [0.25, 0.3) is 0 Å². The highest BCUT2D eigenvalue weighted by Crippen LogP contribution is 2.20. The van der Waals surface area contributed by atoms with Gasteiger partial charge >= 0.3 is 0 Å². The summed E-state index contributed by atoms with van der Waals surface area (Å²) in [5.41, 5.74) is 6.60. The molecule has 1 saturated heterocycles. The van der Waals surface area contributed by atoms with Gasteiger partial charge in [-0.3, -0.25) is 19.4 Å². The number of hydrogen-bond acceptors (Lipinski definition) is 5. The fourth-order valence-electron chi connectivity index (χ4n) is 3.10. The maximum atomic E-state index is 12.7. The minimum atomic E-state index is -0.699. The van der Waals surface area contributed by atoms with Crippen molar-refractivity contribution in [2.24, 2.45) is 5.73 Å². The van der Waals surface area contributed by atoms with Crippen LogP contribution < -0.4 is 16.4 Å². The fraction of sp³-hybridized carbons (Fsp3) is 0.263. The number of anilines is 1. The Balaban J connectivity index is 1.69. The number of carbonyl (C=O) groups is 3. The summed E-state index contributed by atoms with van der Waals surface area (Å²) in [6.07, 6.45) is 3.45. The largest absolute Gasteiger partial charge is 0.347 e. The average molecular weight is 367 g/mol. The van der Waals surface area contributed by atoms with Gasteiger partial charge in [0.2, 0.25) is 11.8 Å². The second-order valence-electron chi connectivity index (χ2n) is 6.26. The van der Waals surface area contributed by atoms with E-state index in [0.29, 0.717) is 17.7 Å². The van der Waals surface area contributed by atoms with Crippen LogP contribution in [0.4, 0.5) is 5.69 Å². The van der Waals surface area contributed by atoms with Crippen LogP contribution in [0.15, 0.2) is 54.9 Å². The summed E-state index contributed by atoms with van der Waals surface area (Å²) in [6.45, 7) is 0.0431. The van der Waals surface area contributed by atoms with Crippen molar-refractivity contribution < 1.29 is 14.4 Å². The predicted octanol–water partition coefficient (Wildman–Crippen LogP) is 0.378. The lowest BCUT2D eigenvalue weighted by Gasteiger charge is -2.23. The first kappa shape index (κ1) is 18.5. The number of nitrogens with zero attached hydrogens (tertiary/aromatic N) is 2. The summed E-state index contributed by atoms with van der Waals surface area (Å²) in [7, 11) is 0. The van der Waals surface area contributed by atoms with Crippen molar-refractivity contribution in [2.45, 2.75) is 18.5 Å². The van der Waals surface area contributed by atoms with E-state index in [4.69, 9.17) is 5.73 Å². The lowest BCUT2D eigenvalue weighted by Crippen LogP contribution is -2.46. The van der Waals surface area contributed by atoms with E-state index < -0.39 is 6.04 Å². The zero-order valence-electron chi connectivity index (χ0n) is 14.7. The van der Waals surface area contributed by atoms with Crippen molar-refractivity contribution >= 4 is 23.4 Å². The molecule has 2 heterocycles. The normalized spacial score (nSPS) is 18.8. The third-order valence-electron chi connectivity index (χ3n) is 4.42. The van der Waals surface area contributed by atoms with E-state index in [9.17, 15) is 14.4 Å². The molecule has 1 aliphatic heterocycles. The third-order valence-corrected chi connectivity index (χ3v) is 4.42. The molecule has 0 spiro atoms. The lowest BCUT2D eigenvalue weighted by molar-refractivity contribution is -0.135. The number of hydrogen-bond donors (Lipinski definition) is 3. The number of carbonyl (C=O) groups excluding carboxylic acids is 3. The summed E-state index contributed by atoms with van der Waals surface area (Å²) in [5, 5.41) is 5.66. The average Bonchev–Trinajstić information content (AvgIpc) is 3.12. The molecule has 1 aromatic carbocycles. The van der Waals surface area contributed by atoms with Crippen LogP contribution in [0.1, 0.15) is 16.8 Å². The Hall–Kier alpha value is -3.26. The van der Waals surface area contributed by atoms with Gasteiger partial charge in [-0.25, -0.2) is 0 Å². The molecule has 0 saturated carbocycles. The van der Waals surface area contributed by atoms with Crippen LogP contribution in [-0.4, -0.2) is 52.8 Å². The Bertz CT molecular complexity index is 813. The summed E-state index contributed by atoms with van der Waals surface area (Å²) in [5.74, 6) is -0.892. The fourth-order valence-corrected chi connectivity index (χ4v) is 3.10. The highest BCUT2D eigenvalue weighted by atomic mass is 16.2. The minimum absolute atomic E-state index is 0.196. The molecule has 4 N–H and O–H groups in total. The van der Waals surface area contributed by atoms with Crippen LogP contribution in [0.3, 0.4) is 0 Å². The molecule has 0 aliphatic carbocycles. The highest BCUT2D eigenvalue weighted by Gasteiger charge is 2.39. The number of pyridine rings is 1. The van der Waals surface area contributed by atoms with Crippen molar-refractivity contribution in [2.75, 3.05) is 18.4 Å². The van der Waals surface area contributed by atoms with Crippen LogP contribution >= 0.6 is 0 Å². The number of aromatic nitrogens is 1. The van der Waals surface area contributed by atoms with Crippen LogP contribution in [0.5, 0.6) is 0 Å². The topological polar surface area (TPSA) is 117 Å². The maximum absolute atomic E-state index is 12.7. The van der Waals surface area contributed by atoms with Gasteiger partial charge in [-0.2, -0.15) is 0 Å². The van der Waals surface area contributed by atoms with Gasteiger partial charge in [-0.15, -0.1) is 0 Å². The van der Waals surface area contributed by atoms with Gasteiger partial charge < -0.3 is 21.3 Å². The molecule has 1 aromatic heterocycles. The van der Waals surface area contributed by atoms with E-state index in [1.165, 1.54) is 4.90 Å². The SMILES string of the molecule is NCC(=O)N1CC(NC(=O)c2ccccc2)CC1C(=O)Nc1ccncc1. The molecule has 8 heteroatoms. The van der Waals surface area contributed by atoms with Gasteiger partial charge in [0.15, 0.2) is 0 Å². The summed E-state index contributed by atoms with van der Waals surface area (Å²) < 4.78 is 0. The summed E-state index contributed by atoms with van der Waals surface area (Å²) >= 11 is 0. The van der Waals surface area contributed by atoms with Gasteiger partial charge in [-0.1, -0.05) is 18.2 Å². The van der Waals surface area contributed by atoms with E-state index in [1.54, 1.807) is 48.8 Å². The Morgan fingerprint density at radius 3 is 2.48 bits per heavy atom. The van der Waals surface area contributed by atoms with E-state index in [2.05, 4.69) is 15.6 Å². The molecule has 2 aromatic rings. The van der Waals surface area contributed by atoms with E-state index in [1.807, 2.05) is 6.07 Å². The molecule has 3 rings (SSSR count). The van der Waals surface area contributed by atoms with Gasteiger partial charge in [0, 0.05) is 36.2 Å². The highest BCUT2D eigenvalue weighted by molar-refractivity contribution is 5.98. The van der Waals surface area contributed by atoms with Crippen LogP contribution in [0.2, 0.25) is 0 Å². The van der Waals surface area contributed by atoms with Crippen molar-refractivity contribution in [1.29, 1.82) is 0 Å². The summed E-state index contributed by atoms with van der Waals surface area (Å²) in [6, 6.07) is 11.1. The number of amides is 3. The second-order valence-corrected chi connectivity index (χ2v) is 6.26. The molecule has 27 heavy (non-hydrogen) atoms. The van der Waals surface area contributed by atoms with Crippen LogP contribution in [-0.2, 0) is 9.59 Å². The Kier molecular flexibility index (Phi) is 5.77. The molecule has 1 aliphatic rings. The van der Waals surface area contributed by atoms with Crippen LogP contribution in [0, 0.1) is 0 Å². The molecule has 140 valence electrons. The van der Waals surface area contributed by atoms with E-state index in [0.717, 1.165) is 0 Å². The number of nitrogens with one attached hydrogen (secondary N) is 2. The molecular weight excluding hydrogens is 346 g/mol. The quantitative estimate of drug-likeness (QED) is 0.706. The first-order valence-corrected chi connectivity index (χ1v) is 8.65. The molecule has 3 amide bonds. The standard InChI is InChI=1S/C19H21N5O3/c20-11-17(25)24-12-15(23-18(26)13-4-2-1-3-5-13)10-16(24)19(27)22-14-6-8-21-9-7-14/h1-9,15-16H,10-12,20H2,(H,23,26)(H,21,22,27).